The number of hydrogen-bond donors (Lipinski definition) is 0. The molecule has 0 radical (unpaired) electrons. The van der Waals surface area contributed by atoms with Crippen LogP contribution in [0.5, 0.6) is 0 Å². The maximum Gasteiger partial charge on any atom is 0.358 e. The van der Waals surface area contributed by atoms with E-state index in [2.05, 4.69) is 15.8 Å². The van der Waals surface area contributed by atoms with E-state index < -0.39 is 5.97 Å². The molecule has 0 unspecified atom stereocenters. The van der Waals surface area contributed by atoms with Gasteiger partial charge >= 0.3 is 5.97 Å². The highest BCUT2D eigenvalue weighted by atomic mass is 16.5. The number of aryl methyl sites for hydroxylation is 1. The molecule has 0 aromatic carbocycles. The molecule has 0 saturated heterocycles. The van der Waals surface area contributed by atoms with Gasteiger partial charge in [-0.2, -0.15) is 5.26 Å². The SMILES string of the molecule is COC(=O)c1nc(CCC#N)n2ccccc12. The number of fused-ring (bicyclic) bond motifs is 1. The summed E-state index contributed by atoms with van der Waals surface area (Å²) < 4.78 is 6.49. The summed E-state index contributed by atoms with van der Waals surface area (Å²) in [4.78, 5) is 15.8. The molecule has 86 valence electrons. The van der Waals surface area contributed by atoms with Crippen LogP contribution < -0.4 is 0 Å². The monoisotopic (exact) mass is 229 g/mol. The minimum atomic E-state index is -0.461. The van der Waals surface area contributed by atoms with Gasteiger partial charge in [-0.3, -0.25) is 0 Å². The Morgan fingerprint density at radius 3 is 3.12 bits per heavy atom. The first kappa shape index (κ1) is 11.1. The summed E-state index contributed by atoms with van der Waals surface area (Å²) in [5.41, 5.74) is 0.994. The summed E-state index contributed by atoms with van der Waals surface area (Å²) in [5, 5.41) is 8.58. The summed E-state index contributed by atoms with van der Waals surface area (Å²) >= 11 is 0. The highest BCUT2D eigenvalue weighted by Crippen LogP contribution is 2.15. The van der Waals surface area contributed by atoms with Gasteiger partial charge in [-0.25, -0.2) is 9.78 Å². The second kappa shape index (κ2) is 4.66. The van der Waals surface area contributed by atoms with Gasteiger partial charge in [-0.05, 0) is 12.1 Å². The number of nitriles is 1. The van der Waals surface area contributed by atoms with Gasteiger partial charge in [0.25, 0.3) is 0 Å². The number of carbonyl (C=O) groups is 1. The molecule has 0 atom stereocenters. The summed E-state index contributed by atoms with van der Waals surface area (Å²) in [5.74, 6) is 0.236. The van der Waals surface area contributed by atoms with Crippen LogP contribution in [0.2, 0.25) is 0 Å². The number of methoxy groups -OCH3 is 1. The van der Waals surface area contributed by atoms with Crippen molar-refractivity contribution in [2.24, 2.45) is 0 Å². The van der Waals surface area contributed by atoms with Crippen LogP contribution in [0.4, 0.5) is 0 Å². The molecule has 0 amide bonds. The lowest BCUT2D eigenvalue weighted by Gasteiger charge is -1.97. The highest BCUT2D eigenvalue weighted by molar-refractivity contribution is 5.95. The fourth-order valence-electron chi connectivity index (χ4n) is 1.69. The molecule has 0 saturated carbocycles. The van der Waals surface area contributed by atoms with E-state index in [1.807, 2.05) is 22.7 Å². The van der Waals surface area contributed by atoms with E-state index in [1.54, 1.807) is 6.07 Å². The molecule has 2 aromatic heterocycles. The lowest BCUT2D eigenvalue weighted by Crippen LogP contribution is -2.02. The molecule has 0 aliphatic rings. The normalized spacial score (nSPS) is 10.1. The maximum absolute atomic E-state index is 11.6. The van der Waals surface area contributed by atoms with Gasteiger partial charge in [-0.1, -0.05) is 6.07 Å². The van der Waals surface area contributed by atoms with Crippen molar-refractivity contribution in [3.8, 4) is 6.07 Å². The Bertz CT molecular complexity index is 595. The van der Waals surface area contributed by atoms with Gasteiger partial charge in [0.1, 0.15) is 5.82 Å². The van der Waals surface area contributed by atoms with Crippen molar-refractivity contribution in [1.29, 1.82) is 5.26 Å². The van der Waals surface area contributed by atoms with E-state index in [0.717, 1.165) is 0 Å². The molecule has 0 aliphatic carbocycles. The van der Waals surface area contributed by atoms with E-state index in [9.17, 15) is 4.79 Å². The van der Waals surface area contributed by atoms with Crippen LogP contribution in [0, 0.1) is 11.3 Å². The lowest BCUT2D eigenvalue weighted by molar-refractivity contribution is 0.0597. The molecule has 2 heterocycles. The fourth-order valence-corrected chi connectivity index (χ4v) is 1.69. The lowest BCUT2D eigenvalue weighted by atomic mass is 10.3. The zero-order valence-electron chi connectivity index (χ0n) is 9.38. The Hall–Kier alpha value is -2.35. The van der Waals surface area contributed by atoms with Gasteiger partial charge in [0.05, 0.1) is 18.7 Å². The number of hydrogen-bond acceptors (Lipinski definition) is 4. The fraction of sp³-hybridized carbons (Fsp3) is 0.250. The highest BCUT2D eigenvalue weighted by Gasteiger charge is 2.16. The summed E-state index contributed by atoms with van der Waals surface area (Å²) in [6, 6.07) is 7.55. The number of nitrogens with zero attached hydrogens (tertiary/aromatic N) is 3. The third kappa shape index (κ3) is 1.97. The average molecular weight is 229 g/mol. The van der Waals surface area contributed by atoms with Crippen molar-refractivity contribution >= 4 is 11.5 Å². The molecule has 5 nitrogen and oxygen atoms in total. The molecule has 2 aromatic rings. The Kier molecular flexibility index (Phi) is 3.06. The van der Waals surface area contributed by atoms with Crippen LogP contribution in [0.15, 0.2) is 24.4 Å². The largest absolute Gasteiger partial charge is 0.464 e. The summed E-state index contributed by atoms with van der Waals surface area (Å²) in [6.07, 6.45) is 2.70. The number of imidazole rings is 1. The summed E-state index contributed by atoms with van der Waals surface area (Å²) in [6.45, 7) is 0. The molecule has 17 heavy (non-hydrogen) atoms. The summed E-state index contributed by atoms with van der Waals surface area (Å²) in [7, 11) is 1.32. The van der Waals surface area contributed by atoms with Crippen LogP contribution in [0.3, 0.4) is 0 Å². The molecule has 0 fully saturated rings. The van der Waals surface area contributed by atoms with Crippen molar-refractivity contribution in [2.75, 3.05) is 7.11 Å². The number of esters is 1. The van der Waals surface area contributed by atoms with E-state index in [0.29, 0.717) is 29.9 Å². The van der Waals surface area contributed by atoms with Crippen molar-refractivity contribution in [3.05, 3.63) is 35.9 Å². The standard InChI is InChI=1S/C12H11N3O2/c1-17-12(16)11-9-5-2-3-8-15(9)10(14-11)6-4-7-13/h2-3,5,8H,4,6H2,1H3. The second-order valence-electron chi connectivity index (χ2n) is 3.48. The van der Waals surface area contributed by atoms with Gasteiger partial charge < -0.3 is 9.14 Å². The number of aromatic nitrogens is 2. The zero-order chi connectivity index (χ0) is 12.3. The van der Waals surface area contributed by atoms with Crippen molar-refractivity contribution in [1.82, 2.24) is 9.38 Å². The topological polar surface area (TPSA) is 67.4 Å². The molecule has 0 aliphatic heterocycles. The number of carbonyl (C=O) groups excluding carboxylic acids is 1. The second-order valence-corrected chi connectivity index (χ2v) is 3.48. The predicted octanol–water partition coefficient (Wildman–Crippen LogP) is 1.58. The van der Waals surface area contributed by atoms with Crippen LogP contribution in [-0.2, 0) is 11.2 Å². The Morgan fingerprint density at radius 1 is 1.59 bits per heavy atom. The average Bonchev–Trinajstić information content (AvgIpc) is 2.74. The number of pyridine rings is 1. The Labute approximate surface area is 98.3 Å². The predicted molar refractivity (Wildman–Crippen MR) is 60.5 cm³/mol. The minimum absolute atomic E-state index is 0.293. The first-order valence-corrected chi connectivity index (χ1v) is 5.19. The van der Waals surface area contributed by atoms with Crippen molar-refractivity contribution < 1.29 is 9.53 Å². The van der Waals surface area contributed by atoms with Gasteiger partial charge in [-0.15, -0.1) is 0 Å². The molecule has 0 N–H and O–H groups in total. The van der Waals surface area contributed by atoms with Gasteiger partial charge in [0.15, 0.2) is 5.69 Å². The van der Waals surface area contributed by atoms with E-state index in [1.165, 1.54) is 7.11 Å². The molecule has 0 spiro atoms. The number of rotatable bonds is 3. The third-order valence-corrected chi connectivity index (χ3v) is 2.46. The first-order chi connectivity index (χ1) is 8.27. The molecular weight excluding hydrogens is 218 g/mol. The molecule has 5 heteroatoms. The van der Waals surface area contributed by atoms with Gasteiger partial charge in [0.2, 0.25) is 0 Å². The van der Waals surface area contributed by atoms with Crippen LogP contribution in [0.25, 0.3) is 5.52 Å². The molecular formula is C12H11N3O2. The van der Waals surface area contributed by atoms with E-state index >= 15 is 0 Å². The van der Waals surface area contributed by atoms with Crippen molar-refractivity contribution in [3.63, 3.8) is 0 Å². The van der Waals surface area contributed by atoms with E-state index in [-0.39, 0.29) is 0 Å². The first-order valence-electron chi connectivity index (χ1n) is 5.19. The molecule has 2 rings (SSSR count). The number of ether oxygens (including phenoxy) is 1. The Morgan fingerprint density at radius 2 is 2.41 bits per heavy atom. The maximum atomic E-state index is 11.6. The van der Waals surface area contributed by atoms with Crippen LogP contribution in [-0.4, -0.2) is 22.5 Å². The smallest absolute Gasteiger partial charge is 0.358 e. The van der Waals surface area contributed by atoms with Crippen LogP contribution >= 0.6 is 0 Å². The third-order valence-electron chi connectivity index (χ3n) is 2.46. The zero-order valence-corrected chi connectivity index (χ0v) is 9.38. The van der Waals surface area contributed by atoms with Crippen molar-refractivity contribution in [2.45, 2.75) is 12.8 Å². The minimum Gasteiger partial charge on any atom is -0.464 e. The molecule has 0 bridgehead atoms. The van der Waals surface area contributed by atoms with Gasteiger partial charge in [0, 0.05) is 19.0 Å². The van der Waals surface area contributed by atoms with Crippen LogP contribution in [0.1, 0.15) is 22.7 Å². The quantitative estimate of drug-likeness (QED) is 0.749. The Balaban J connectivity index is 2.55. The van der Waals surface area contributed by atoms with E-state index in [4.69, 9.17) is 5.26 Å².